The summed E-state index contributed by atoms with van der Waals surface area (Å²) in [4.78, 5) is 4.67. The van der Waals surface area contributed by atoms with Crippen molar-refractivity contribution in [2.75, 3.05) is 46.6 Å². The molecule has 1 fully saturated rings. The number of nitrogens with one attached hydrogen (secondary N) is 2. The van der Waals surface area contributed by atoms with Crippen LogP contribution < -0.4 is 10.6 Å². The Labute approximate surface area is 155 Å². The summed E-state index contributed by atoms with van der Waals surface area (Å²) >= 11 is 0. The minimum absolute atomic E-state index is 0. The van der Waals surface area contributed by atoms with E-state index in [1.807, 2.05) is 12.1 Å². The lowest BCUT2D eigenvalue weighted by molar-refractivity contribution is 0.187. The molecule has 0 radical (unpaired) electrons. The van der Waals surface area contributed by atoms with Crippen molar-refractivity contribution in [3.63, 3.8) is 0 Å². The van der Waals surface area contributed by atoms with Crippen molar-refractivity contribution >= 4 is 29.9 Å². The van der Waals surface area contributed by atoms with Gasteiger partial charge < -0.3 is 24.5 Å². The smallest absolute Gasteiger partial charge is 0.191 e. The summed E-state index contributed by atoms with van der Waals surface area (Å²) < 4.78 is 15.8. The standard InChI is InChI=1S/C16H27N3O3.HI/c1-20-9-3-7-17-16(19-12-14-6-11-21-13-14)18-8-5-15-4-2-10-22-15;/h2,4,10,14H,3,5-9,11-13H2,1H3,(H2,17,18,19);1H. The Morgan fingerprint density at radius 1 is 1.39 bits per heavy atom. The third kappa shape index (κ3) is 8.57. The molecule has 0 saturated carbocycles. The van der Waals surface area contributed by atoms with Crippen molar-refractivity contribution in [2.45, 2.75) is 19.3 Å². The lowest BCUT2D eigenvalue weighted by Gasteiger charge is -2.13. The highest BCUT2D eigenvalue weighted by atomic mass is 127. The van der Waals surface area contributed by atoms with Gasteiger partial charge >= 0.3 is 0 Å². The largest absolute Gasteiger partial charge is 0.469 e. The van der Waals surface area contributed by atoms with E-state index >= 15 is 0 Å². The number of halogens is 1. The number of ether oxygens (including phenoxy) is 2. The molecule has 0 aromatic carbocycles. The second kappa shape index (κ2) is 12.6. The topological polar surface area (TPSA) is 68.0 Å². The van der Waals surface area contributed by atoms with E-state index in [0.717, 1.165) is 70.4 Å². The first-order valence-corrected chi connectivity index (χ1v) is 7.99. The van der Waals surface area contributed by atoms with Crippen LogP contribution in [-0.2, 0) is 15.9 Å². The Kier molecular flexibility index (Phi) is 11.1. The third-order valence-electron chi connectivity index (χ3n) is 3.59. The van der Waals surface area contributed by atoms with Crippen LogP contribution in [0, 0.1) is 5.92 Å². The van der Waals surface area contributed by atoms with Crippen molar-refractivity contribution in [1.82, 2.24) is 10.6 Å². The van der Waals surface area contributed by atoms with Gasteiger partial charge in [0.15, 0.2) is 5.96 Å². The second-order valence-corrected chi connectivity index (χ2v) is 5.45. The summed E-state index contributed by atoms with van der Waals surface area (Å²) in [6.07, 6.45) is 4.61. The molecule has 2 heterocycles. The zero-order valence-corrected chi connectivity index (χ0v) is 16.1. The maximum atomic E-state index is 5.39. The average Bonchev–Trinajstić information content (AvgIpc) is 3.21. The fourth-order valence-electron chi connectivity index (χ4n) is 2.30. The molecule has 1 aromatic rings. The van der Waals surface area contributed by atoms with E-state index in [-0.39, 0.29) is 24.0 Å². The zero-order chi connectivity index (χ0) is 15.5. The molecule has 1 aliphatic heterocycles. The number of guanidine groups is 1. The van der Waals surface area contributed by atoms with E-state index in [4.69, 9.17) is 13.9 Å². The molecule has 2 N–H and O–H groups in total. The fraction of sp³-hybridized carbons (Fsp3) is 0.688. The van der Waals surface area contributed by atoms with Crippen molar-refractivity contribution < 1.29 is 13.9 Å². The Morgan fingerprint density at radius 2 is 2.26 bits per heavy atom. The molecule has 132 valence electrons. The van der Waals surface area contributed by atoms with Crippen molar-refractivity contribution in [2.24, 2.45) is 10.9 Å². The minimum atomic E-state index is 0. The molecular formula is C16H28IN3O3. The summed E-state index contributed by atoms with van der Waals surface area (Å²) in [5.74, 6) is 2.38. The molecule has 6 nitrogen and oxygen atoms in total. The molecule has 0 amide bonds. The molecule has 23 heavy (non-hydrogen) atoms. The number of aliphatic imine (C=N–C) groups is 1. The molecule has 0 bridgehead atoms. The highest BCUT2D eigenvalue weighted by Gasteiger charge is 2.15. The normalized spacial score (nSPS) is 17.8. The predicted molar refractivity (Wildman–Crippen MR) is 102 cm³/mol. The quantitative estimate of drug-likeness (QED) is 0.268. The average molecular weight is 437 g/mol. The van der Waals surface area contributed by atoms with Gasteiger partial charge in [0.25, 0.3) is 0 Å². The molecule has 1 saturated heterocycles. The number of rotatable bonds is 9. The van der Waals surface area contributed by atoms with E-state index in [1.54, 1.807) is 13.4 Å². The molecule has 0 aliphatic carbocycles. The molecular weight excluding hydrogens is 409 g/mol. The van der Waals surface area contributed by atoms with Gasteiger partial charge in [-0.3, -0.25) is 4.99 Å². The van der Waals surface area contributed by atoms with Gasteiger partial charge in [0.2, 0.25) is 0 Å². The van der Waals surface area contributed by atoms with Crippen LogP contribution in [0.1, 0.15) is 18.6 Å². The molecule has 1 aromatic heterocycles. The molecule has 0 spiro atoms. The van der Waals surface area contributed by atoms with Crippen LogP contribution in [0.5, 0.6) is 0 Å². The van der Waals surface area contributed by atoms with Gasteiger partial charge in [-0.15, -0.1) is 24.0 Å². The predicted octanol–water partition coefficient (Wildman–Crippen LogP) is 2.05. The monoisotopic (exact) mass is 437 g/mol. The lowest BCUT2D eigenvalue weighted by Crippen LogP contribution is -2.39. The number of hydrogen-bond donors (Lipinski definition) is 2. The first kappa shape index (κ1) is 20.2. The molecule has 7 heteroatoms. The van der Waals surface area contributed by atoms with Gasteiger partial charge in [-0.05, 0) is 25.0 Å². The summed E-state index contributed by atoms with van der Waals surface area (Å²) in [7, 11) is 1.72. The Hall–Kier alpha value is -0.800. The number of furan rings is 1. The minimum Gasteiger partial charge on any atom is -0.469 e. The highest BCUT2D eigenvalue weighted by Crippen LogP contribution is 2.11. The maximum absolute atomic E-state index is 5.39. The maximum Gasteiger partial charge on any atom is 0.191 e. The van der Waals surface area contributed by atoms with Crippen LogP contribution >= 0.6 is 24.0 Å². The third-order valence-corrected chi connectivity index (χ3v) is 3.59. The van der Waals surface area contributed by atoms with E-state index in [2.05, 4.69) is 15.6 Å². The number of nitrogens with zero attached hydrogens (tertiary/aromatic N) is 1. The van der Waals surface area contributed by atoms with E-state index in [1.165, 1.54) is 0 Å². The van der Waals surface area contributed by atoms with Gasteiger partial charge in [-0.2, -0.15) is 0 Å². The van der Waals surface area contributed by atoms with Crippen LogP contribution in [-0.4, -0.2) is 52.5 Å². The van der Waals surface area contributed by atoms with Crippen molar-refractivity contribution in [1.29, 1.82) is 0 Å². The first-order valence-electron chi connectivity index (χ1n) is 7.99. The van der Waals surface area contributed by atoms with Gasteiger partial charge in [0, 0.05) is 52.3 Å². The molecule has 1 unspecified atom stereocenters. The van der Waals surface area contributed by atoms with Crippen LogP contribution in [0.2, 0.25) is 0 Å². The van der Waals surface area contributed by atoms with Gasteiger partial charge in [-0.25, -0.2) is 0 Å². The van der Waals surface area contributed by atoms with Gasteiger partial charge in [-0.1, -0.05) is 0 Å². The Balaban J connectivity index is 0.00000264. The van der Waals surface area contributed by atoms with E-state index in [0.29, 0.717) is 5.92 Å². The second-order valence-electron chi connectivity index (χ2n) is 5.45. The van der Waals surface area contributed by atoms with Crippen LogP contribution in [0.15, 0.2) is 27.8 Å². The Morgan fingerprint density at radius 3 is 2.96 bits per heavy atom. The SMILES string of the molecule is COCCCNC(=NCC1CCOC1)NCCc1ccco1.I. The summed E-state index contributed by atoms with van der Waals surface area (Å²) in [6, 6.07) is 3.90. The van der Waals surface area contributed by atoms with E-state index < -0.39 is 0 Å². The van der Waals surface area contributed by atoms with Crippen molar-refractivity contribution in [3.8, 4) is 0 Å². The Bertz CT molecular complexity index is 420. The molecule has 1 aliphatic rings. The number of methoxy groups -OCH3 is 1. The summed E-state index contributed by atoms with van der Waals surface area (Å²) in [5, 5.41) is 6.70. The van der Waals surface area contributed by atoms with Crippen LogP contribution in [0.4, 0.5) is 0 Å². The van der Waals surface area contributed by atoms with Crippen LogP contribution in [0.25, 0.3) is 0 Å². The zero-order valence-electron chi connectivity index (χ0n) is 13.8. The number of hydrogen-bond acceptors (Lipinski definition) is 4. The van der Waals surface area contributed by atoms with Crippen molar-refractivity contribution in [3.05, 3.63) is 24.2 Å². The molecule has 2 rings (SSSR count). The fourth-order valence-corrected chi connectivity index (χ4v) is 2.30. The summed E-state index contributed by atoms with van der Waals surface area (Å²) in [6.45, 7) is 4.89. The first-order chi connectivity index (χ1) is 10.9. The van der Waals surface area contributed by atoms with Gasteiger partial charge in [0.1, 0.15) is 5.76 Å². The van der Waals surface area contributed by atoms with Crippen LogP contribution in [0.3, 0.4) is 0 Å². The molecule has 1 atom stereocenters. The highest BCUT2D eigenvalue weighted by molar-refractivity contribution is 14.0. The summed E-state index contributed by atoms with van der Waals surface area (Å²) in [5.41, 5.74) is 0. The van der Waals surface area contributed by atoms with E-state index in [9.17, 15) is 0 Å². The van der Waals surface area contributed by atoms with Gasteiger partial charge in [0.05, 0.1) is 12.9 Å². The lowest BCUT2D eigenvalue weighted by atomic mass is 10.1.